The molecule has 0 spiro atoms. The molecular formula is C15H31N3. The lowest BCUT2D eigenvalue weighted by molar-refractivity contribution is 0.116. The first kappa shape index (κ1) is 14.3. The van der Waals surface area contributed by atoms with Crippen molar-refractivity contribution in [1.29, 1.82) is 0 Å². The summed E-state index contributed by atoms with van der Waals surface area (Å²) in [6.07, 6.45) is 8.39. The van der Waals surface area contributed by atoms with Crippen LogP contribution in [0.4, 0.5) is 0 Å². The van der Waals surface area contributed by atoms with E-state index in [2.05, 4.69) is 29.1 Å². The van der Waals surface area contributed by atoms with Gasteiger partial charge in [0.25, 0.3) is 0 Å². The maximum absolute atomic E-state index is 3.44. The van der Waals surface area contributed by atoms with Crippen LogP contribution in [0.2, 0.25) is 0 Å². The molecule has 0 bridgehead atoms. The van der Waals surface area contributed by atoms with Crippen molar-refractivity contribution in [3.63, 3.8) is 0 Å². The van der Waals surface area contributed by atoms with E-state index in [9.17, 15) is 0 Å². The quantitative estimate of drug-likeness (QED) is 0.780. The lowest BCUT2D eigenvalue weighted by atomic mass is 9.96. The Morgan fingerprint density at radius 2 is 1.78 bits per heavy atom. The zero-order valence-electron chi connectivity index (χ0n) is 12.3. The van der Waals surface area contributed by atoms with Crippen molar-refractivity contribution < 1.29 is 0 Å². The van der Waals surface area contributed by atoms with E-state index in [1.807, 2.05) is 0 Å². The van der Waals surface area contributed by atoms with Gasteiger partial charge in [-0.25, -0.2) is 0 Å². The maximum atomic E-state index is 3.44. The van der Waals surface area contributed by atoms with Gasteiger partial charge < -0.3 is 10.2 Å². The van der Waals surface area contributed by atoms with Gasteiger partial charge in [-0.15, -0.1) is 0 Å². The Labute approximate surface area is 113 Å². The summed E-state index contributed by atoms with van der Waals surface area (Å²) in [6, 6.07) is 1.40. The van der Waals surface area contributed by atoms with Crippen LogP contribution in [0.5, 0.6) is 0 Å². The van der Waals surface area contributed by atoms with Crippen LogP contribution in [0.3, 0.4) is 0 Å². The van der Waals surface area contributed by atoms with Crippen LogP contribution < -0.4 is 5.32 Å². The molecule has 3 heteroatoms. The van der Waals surface area contributed by atoms with Gasteiger partial charge in [0.15, 0.2) is 0 Å². The van der Waals surface area contributed by atoms with Gasteiger partial charge in [-0.05, 0) is 78.8 Å². The second-order valence-corrected chi connectivity index (χ2v) is 6.08. The average molecular weight is 253 g/mol. The predicted molar refractivity (Wildman–Crippen MR) is 78.0 cm³/mol. The number of nitrogens with one attached hydrogen (secondary N) is 1. The molecule has 1 N–H and O–H groups in total. The summed E-state index contributed by atoms with van der Waals surface area (Å²) in [6.45, 7) is 8.96. The molecule has 2 atom stereocenters. The van der Waals surface area contributed by atoms with E-state index >= 15 is 0 Å². The van der Waals surface area contributed by atoms with Gasteiger partial charge in [0.1, 0.15) is 0 Å². The molecule has 0 aromatic heterocycles. The number of likely N-dealkylation sites (tertiary alicyclic amines) is 2. The number of likely N-dealkylation sites (N-methyl/N-ethyl adjacent to an activating group) is 1. The van der Waals surface area contributed by atoms with Gasteiger partial charge in [0.2, 0.25) is 0 Å². The van der Waals surface area contributed by atoms with Crippen molar-refractivity contribution in [3.8, 4) is 0 Å². The number of hydrogen-bond donors (Lipinski definition) is 1. The number of nitrogens with zero attached hydrogens (tertiary/aromatic N) is 2. The Hall–Kier alpha value is -0.120. The first-order valence-electron chi connectivity index (χ1n) is 7.95. The van der Waals surface area contributed by atoms with E-state index < -0.39 is 0 Å². The minimum absolute atomic E-state index is 0.636. The van der Waals surface area contributed by atoms with Crippen LogP contribution in [-0.4, -0.2) is 61.7 Å². The second kappa shape index (κ2) is 7.46. The second-order valence-electron chi connectivity index (χ2n) is 6.08. The third kappa shape index (κ3) is 3.94. The molecular weight excluding hydrogens is 222 g/mol. The molecule has 2 fully saturated rings. The fourth-order valence-electron chi connectivity index (χ4n) is 3.56. The molecule has 2 aliphatic rings. The number of piperidine rings is 1. The van der Waals surface area contributed by atoms with E-state index in [-0.39, 0.29) is 0 Å². The van der Waals surface area contributed by atoms with Gasteiger partial charge in [-0.2, -0.15) is 0 Å². The molecule has 2 aliphatic heterocycles. The van der Waals surface area contributed by atoms with E-state index in [1.54, 1.807) is 0 Å². The van der Waals surface area contributed by atoms with Crippen molar-refractivity contribution in [2.45, 2.75) is 57.5 Å². The molecule has 2 unspecified atom stereocenters. The molecule has 2 heterocycles. The highest BCUT2D eigenvalue weighted by molar-refractivity contribution is 4.84. The number of hydrogen-bond acceptors (Lipinski definition) is 3. The van der Waals surface area contributed by atoms with Crippen molar-refractivity contribution >= 4 is 0 Å². The topological polar surface area (TPSA) is 18.5 Å². The van der Waals surface area contributed by atoms with Gasteiger partial charge in [0, 0.05) is 12.1 Å². The summed E-state index contributed by atoms with van der Waals surface area (Å²) >= 11 is 0. The van der Waals surface area contributed by atoms with Gasteiger partial charge in [0.05, 0.1) is 0 Å². The van der Waals surface area contributed by atoms with E-state index in [1.165, 1.54) is 71.2 Å². The third-order valence-electron chi connectivity index (χ3n) is 4.82. The molecule has 0 amide bonds. The molecule has 0 aliphatic carbocycles. The van der Waals surface area contributed by atoms with Crippen molar-refractivity contribution in [3.05, 3.63) is 0 Å². The Morgan fingerprint density at radius 3 is 2.50 bits per heavy atom. The fraction of sp³-hybridized carbons (Fsp3) is 1.00. The van der Waals surface area contributed by atoms with Crippen LogP contribution >= 0.6 is 0 Å². The molecule has 0 aromatic carbocycles. The smallest absolute Gasteiger partial charge is 0.0246 e. The highest BCUT2D eigenvalue weighted by Gasteiger charge is 2.26. The largest absolute Gasteiger partial charge is 0.316 e. The van der Waals surface area contributed by atoms with E-state index in [0.29, 0.717) is 6.04 Å². The Morgan fingerprint density at radius 1 is 1.06 bits per heavy atom. The minimum atomic E-state index is 0.636. The zero-order chi connectivity index (χ0) is 12.8. The van der Waals surface area contributed by atoms with E-state index in [4.69, 9.17) is 0 Å². The summed E-state index contributed by atoms with van der Waals surface area (Å²) in [5, 5.41) is 3.44. The van der Waals surface area contributed by atoms with Gasteiger partial charge >= 0.3 is 0 Å². The van der Waals surface area contributed by atoms with Crippen LogP contribution in [0.25, 0.3) is 0 Å². The summed E-state index contributed by atoms with van der Waals surface area (Å²) in [4.78, 5) is 5.38. The summed E-state index contributed by atoms with van der Waals surface area (Å²) in [7, 11) is 2.10. The molecule has 0 saturated carbocycles. The van der Waals surface area contributed by atoms with Crippen LogP contribution in [0.1, 0.15) is 45.4 Å². The number of rotatable bonds is 6. The van der Waals surface area contributed by atoms with Crippen molar-refractivity contribution in [2.24, 2.45) is 0 Å². The van der Waals surface area contributed by atoms with E-state index in [0.717, 1.165) is 6.04 Å². The Balaban J connectivity index is 1.71. The summed E-state index contributed by atoms with van der Waals surface area (Å²) < 4.78 is 0. The summed E-state index contributed by atoms with van der Waals surface area (Å²) in [5.74, 6) is 0. The van der Waals surface area contributed by atoms with Crippen molar-refractivity contribution in [1.82, 2.24) is 15.1 Å². The van der Waals surface area contributed by atoms with Gasteiger partial charge in [-0.3, -0.25) is 4.90 Å². The average Bonchev–Trinajstić information content (AvgIpc) is 2.92. The highest BCUT2D eigenvalue weighted by Crippen LogP contribution is 2.20. The SMILES string of the molecule is CNC(C)C1CCCCN1CCCN1CCCC1. The first-order chi connectivity index (χ1) is 8.81. The molecule has 0 aromatic rings. The molecule has 106 valence electrons. The molecule has 3 nitrogen and oxygen atoms in total. The third-order valence-corrected chi connectivity index (χ3v) is 4.82. The molecule has 2 saturated heterocycles. The molecule has 2 rings (SSSR count). The Kier molecular flexibility index (Phi) is 5.93. The standard InChI is InChI=1S/C15H31N3/c1-14(16-2)15-8-3-4-12-18(15)13-7-11-17-9-5-6-10-17/h14-16H,3-13H2,1-2H3. The van der Waals surface area contributed by atoms with Crippen LogP contribution in [-0.2, 0) is 0 Å². The normalized spacial score (nSPS) is 28.7. The molecule has 0 radical (unpaired) electrons. The predicted octanol–water partition coefficient (Wildman–Crippen LogP) is 1.93. The summed E-state index contributed by atoms with van der Waals surface area (Å²) in [5.41, 5.74) is 0. The minimum Gasteiger partial charge on any atom is -0.316 e. The fourth-order valence-corrected chi connectivity index (χ4v) is 3.56. The maximum Gasteiger partial charge on any atom is 0.0246 e. The lowest BCUT2D eigenvalue weighted by Crippen LogP contribution is -2.50. The zero-order valence-corrected chi connectivity index (χ0v) is 12.3. The monoisotopic (exact) mass is 253 g/mol. The van der Waals surface area contributed by atoms with Gasteiger partial charge in [-0.1, -0.05) is 6.42 Å². The van der Waals surface area contributed by atoms with Crippen molar-refractivity contribution in [2.75, 3.05) is 39.8 Å². The van der Waals surface area contributed by atoms with Crippen LogP contribution in [0, 0.1) is 0 Å². The van der Waals surface area contributed by atoms with Crippen LogP contribution in [0.15, 0.2) is 0 Å². The Bertz CT molecular complexity index is 226. The first-order valence-corrected chi connectivity index (χ1v) is 7.95. The molecule has 18 heavy (non-hydrogen) atoms. The lowest BCUT2D eigenvalue weighted by Gasteiger charge is -2.39. The highest BCUT2D eigenvalue weighted by atomic mass is 15.2.